The highest BCUT2D eigenvalue weighted by molar-refractivity contribution is 5.93. The number of benzene rings is 1. The standard InChI is InChI=1S/C19H24N2O3/c1-3-20(9-10-22)19(23)18-16(8-11-24-18)13-21-14(2)12-15-6-4-5-7-17(15)21/h4-8,11,14,22H,3,9-10,12-13H2,1-2H3. The average Bonchev–Trinajstić information content (AvgIpc) is 3.17. The van der Waals surface area contributed by atoms with Crippen LogP contribution in [0.4, 0.5) is 5.69 Å². The molecule has 128 valence electrons. The summed E-state index contributed by atoms with van der Waals surface area (Å²) >= 11 is 0. The number of para-hydroxylation sites is 1. The number of hydrogen-bond donors (Lipinski definition) is 1. The lowest BCUT2D eigenvalue weighted by atomic mass is 10.1. The van der Waals surface area contributed by atoms with Crippen molar-refractivity contribution in [3.05, 3.63) is 53.5 Å². The third-order valence-corrected chi connectivity index (χ3v) is 4.67. The number of hydrogen-bond acceptors (Lipinski definition) is 4. The third kappa shape index (κ3) is 3.04. The summed E-state index contributed by atoms with van der Waals surface area (Å²) in [7, 11) is 0. The first kappa shape index (κ1) is 16.6. The number of rotatable bonds is 6. The summed E-state index contributed by atoms with van der Waals surface area (Å²) in [6.45, 7) is 5.56. The van der Waals surface area contributed by atoms with Crippen molar-refractivity contribution < 1.29 is 14.3 Å². The predicted octanol–water partition coefficient (Wildman–Crippen LogP) is 2.69. The number of furan rings is 1. The Labute approximate surface area is 142 Å². The van der Waals surface area contributed by atoms with Gasteiger partial charge in [-0.05, 0) is 38.0 Å². The lowest BCUT2D eigenvalue weighted by molar-refractivity contribution is 0.0698. The van der Waals surface area contributed by atoms with E-state index in [9.17, 15) is 4.79 Å². The zero-order chi connectivity index (χ0) is 17.1. The summed E-state index contributed by atoms with van der Waals surface area (Å²) in [5, 5.41) is 9.12. The Bertz CT molecular complexity index is 710. The quantitative estimate of drug-likeness (QED) is 0.886. The molecule has 3 rings (SSSR count). The first-order valence-electron chi connectivity index (χ1n) is 8.46. The maximum Gasteiger partial charge on any atom is 0.289 e. The van der Waals surface area contributed by atoms with E-state index in [2.05, 4.69) is 30.0 Å². The van der Waals surface area contributed by atoms with Crippen molar-refractivity contribution in [3.8, 4) is 0 Å². The summed E-state index contributed by atoms with van der Waals surface area (Å²) in [5.74, 6) is 0.216. The number of aliphatic hydroxyl groups excluding tert-OH is 1. The second kappa shape index (κ2) is 7.09. The zero-order valence-electron chi connectivity index (χ0n) is 14.2. The van der Waals surface area contributed by atoms with Crippen LogP contribution in [0.15, 0.2) is 41.0 Å². The van der Waals surface area contributed by atoms with Gasteiger partial charge in [-0.15, -0.1) is 0 Å². The molecule has 1 unspecified atom stereocenters. The number of nitrogens with zero attached hydrogens (tertiary/aromatic N) is 2. The molecule has 0 fully saturated rings. The fraction of sp³-hybridized carbons (Fsp3) is 0.421. The van der Waals surface area contributed by atoms with Gasteiger partial charge in [-0.3, -0.25) is 4.79 Å². The zero-order valence-corrected chi connectivity index (χ0v) is 14.2. The second-order valence-electron chi connectivity index (χ2n) is 6.19. The van der Waals surface area contributed by atoms with Crippen LogP contribution in [0.25, 0.3) is 0 Å². The molecule has 0 saturated carbocycles. The molecule has 1 aliphatic rings. The minimum absolute atomic E-state index is 0.0494. The van der Waals surface area contributed by atoms with Crippen LogP contribution in [0.3, 0.4) is 0 Å². The van der Waals surface area contributed by atoms with Gasteiger partial charge in [0.25, 0.3) is 5.91 Å². The number of aliphatic hydroxyl groups is 1. The summed E-state index contributed by atoms with van der Waals surface area (Å²) in [4.78, 5) is 16.6. The van der Waals surface area contributed by atoms with E-state index >= 15 is 0 Å². The fourth-order valence-electron chi connectivity index (χ4n) is 3.37. The van der Waals surface area contributed by atoms with Gasteiger partial charge in [0.05, 0.1) is 12.9 Å². The summed E-state index contributed by atoms with van der Waals surface area (Å²) in [6.07, 6.45) is 2.59. The van der Waals surface area contributed by atoms with E-state index in [-0.39, 0.29) is 12.5 Å². The van der Waals surface area contributed by atoms with E-state index in [0.29, 0.717) is 31.4 Å². The Morgan fingerprint density at radius 1 is 1.38 bits per heavy atom. The molecule has 5 heteroatoms. The summed E-state index contributed by atoms with van der Waals surface area (Å²) in [6, 6.07) is 10.7. The highest BCUT2D eigenvalue weighted by Gasteiger charge is 2.28. The molecule has 1 aliphatic heterocycles. The molecule has 1 aromatic heterocycles. The van der Waals surface area contributed by atoms with Crippen LogP contribution in [0, 0.1) is 0 Å². The second-order valence-corrected chi connectivity index (χ2v) is 6.19. The van der Waals surface area contributed by atoms with Crippen LogP contribution < -0.4 is 4.90 Å². The van der Waals surface area contributed by atoms with Crippen LogP contribution in [-0.2, 0) is 13.0 Å². The van der Waals surface area contributed by atoms with Crippen molar-refractivity contribution in [2.45, 2.75) is 32.9 Å². The SMILES string of the molecule is CCN(CCO)C(=O)c1occc1CN1c2ccccc2CC1C. The molecule has 0 radical (unpaired) electrons. The van der Waals surface area contributed by atoms with Crippen molar-refractivity contribution in [2.24, 2.45) is 0 Å². The highest BCUT2D eigenvalue weighted by Crippen LogP contribution is 2.33. The predicted molar refractivity (Wildman–Crippen MR) is 93.2 cm³/mol. The van der Waals surface area contributed by atoms with Crippen LogP contribution in [0.1, 0.15) is 35.5 Å². The van der Waals surface area contributed by atoms with Crippen molar-refractivity contribution in [2.75, 3.05) is 24.6 Å². The number of carbonyl (C=O) groups is 1. The molecule has 5 nitrogen and oxygen atoms in total. The van der Waals surface area contributed by atoms with Crippen LogP contribution in [0.2, 0.25) is 0 Å². The highest BCUT2D eigenvalue weighted by atomic mass is 16.3. The molecular formula is C19H24N2O3. The lowest BCUT2D eigenvalue weighted by Gasteiger charge is -2.25. The Morgan fingerprint density at radius 2 is 2.17 bits per heavy atom. The molecular weight excluding hydrogens is 304 g/mol. The molecule has 0 aliphatic carbocycles. The van der Waals surface area contributed by atoms with Crippen molar-refractivity contribution >= 4 is 11.6 Å². The molecule has 1 N–H and O–H groups in total. The Balaban J connectivity index is 1.83. The van der Waals surface area contributed by atoms with E-state index in [0.717, 1.165) is 12.0 Å². The van der Waals surface area contributed by atoms with Gasteiger partial charge in [0, 0.05) is 36.9 Å². The smallest absolute Gasteiger partial charge is 0.289 e. The largest absolute Gasteiger partial charge is 0.459 e. The lowest BCUT2D eigenvalue weighted by Crippen LogP contribution is -2.34. The van der Waals surface area contributed by atoms with E-state index in [1.807, 2.05) is 19.1 Å². The molecule has 1 aromatic carbocycles. The molecule has 1 amide bonds. The third-order valence-electron chi connectivity index (χ3n) is 4.67. The van der Waals surface area contributed by atoms with Crippen LogP contribution >= 0.6 is 0 Å². The van der Waals surface area contributed by atoms with E-state index in [4.69, 9.17) is 9.52 Å². The Kier molecular flexibility index (Phi) is 4.90. The molecule has 0 spiro atoms. The maximum atomic E-state index is 12.7. The van der Waals surface area contributed by atoms with Crippen LogP contribution in [0.5, 0.6) is 0 Å². The fourth-order valence-corrected chi connectivity index (χ4v) is 3.37. The van der Waals surface area contributed by atoms with Gasteiger partial charge >= 0.3 is 0 Å². The molecule has 2 aromatic rings. The van der Waals surface area contributed by atoms with E-state index < -0.39 is 0 Å². The van der Waals surface area contributed by atoms with Gasteiger partial charge in [0.1, 0.15) is 0 Å². The summed E-state index contributed by atoms with van der Waals surface area (Å²) in [5.41, 5.74) is 3.46. The average molecular weight is 328 g/mol. The first-order valence-corrected chi connectivity index (χ1v) is 8.46. The molecule has 2 heterocycles. The monoisotopic (exact) mass is 328 g/mol. The molecule has 24 heavy (non-hydrogen) atoms. The topological polar surface area (TPSA) is 56.9 Å². The maximum absolute atomic E-state index is 12.7. The van der Waals surface area contributed by atoms with E-state index in [1.165, 1.54) is 11.3 Å². The van der Waals surface area contributed by atoms with Crippen LogP contribution in [-0.4, -0.2) is 41.7 Å². The van der Waals surface area contributed by atoms with Gasteiger partial charge in [-0.1, -0.05) is 18.2 Å². The van der Waals surface area contributed by atoms with Crippen molar-refractivity contribution in [3.63, 3.8) is 0 Å². The number of fused-ring (bicyclic) bond motifs is 1. The van der Waals surface area contributed by atoms with Gasteiger partial charge in [0.2, 0.25) is 0 Å². The Hall–Kier alpha value is -2.27. The number of carbonyl (C=O) groups excluding carboxylic acids is 1. The van der Waals surface area contributed by atoms with Gasteiger partial charge < -0.3 is 19.3 Å². The van der Waals surface area contributed by atoms with Gasteiger partial charge in [0.15, 0.2) is 5.76 Å². The van der Waals surface area contributed by atoms with E-state index in [1.54, 1.807) is 11.2 Å². The Morgan fingerprint density at radius 3 is 2.92 bits per heavy atom. The van der Waals surface area contributed by atoms with Gasteiger partial charge in [-0.25, -0.2) is 0 Å². The number of anilines is 1. The molecule has 1 atom stereocenters. The summed E-state index contributed by atoms with van der Waals surface area (Å²) < 4.78 is 5.49. The normalized spacial score (nSPS) is 16.3. The molecule has 0 bridgehead atoms. The molecule has 0 saturated heterocycles. The minimum atomic E-state index is -0.160. The number of amides is 1. The first-order chi connectivity index (χ1) is 11.7. The van der Waals surface area contributed by atoms with Crippen molar-refractivity contribution in [1.29, 1.82) is 0 Å². The van der Waals surface area contributed by atoms with Gasteiger partial charge in [-0.2, -0.15) is 0 Å². The number of likely N-dealkylation sites (N-methyl/N-ethyl adjacent to an activating group) is 1. The minimum Gasteiger partial charge on any atom is -0.459 e. The van der Waals surface area contributed by atoms with Crippen molar-refractivity contribution in [1.82, 2.24) is 4.90 Å².